The summed E-state index contributed by atoms with van der Waals surface area (Å²) in [4.78, 5) is 16.9. The van der Waals surface area contributed by atoms with E-state index in [1.165, 1.54) is 12.1 Å². The van der Waals surface area contributed by atoms with Crippen LogP contribution in [0.5, 0.6) is 5.75 Å². The van der Waals surface area contributed by atoms with Gasteiger partial charge in [0.2, 0.25) is 0 Å². The van der Waals surface area contributed by atoms with Gasteiger partial charge in [0.25, 0.3) is 5.91 Å². The average Bonchev–Trinajstić information content (AvgIpc) is 3.11. The molecule has 0 radical (unpaired) electrons. The fourth-order valence-corrected chi connectivity index (χ4v) is 3.60. The molecule has 138 valence electrons. The third kappa shape index (κ3) is 4.64. The molecule has 1 saturated heterocycles. The van der Waals surface area contributed by atoms with Crippen LogP contribution >= 0.6 is 47.8 Å². The van der Waals surface area contributed by atoms with E-state index in [0.29, 0.717) is 35.1 Å². The first-order valence-electron chi connectivity index (χ1n) is 7.31. The normalized spacial score (nSPS) is 13.7. The summed E-state index contributed by atoms with van der Waals surface area (Å²) < 4.78 is 5.28. The summed E-state index contributed by atoms with van der Waals surface area (Å²) in [6, 6.07) is 7.32. The van der Waals surface area contributed by atoms with Crippen LogP contribution in [-0.2, 0) is 0 Å². The number of piperazine rings is 1. The Morgan fingerprint density at radius 3 is 2.48 bits per heavy atom. The van der Waals surface area contributed by atoms with Gasteiger partial charge >= 0.3 is 0 Å². The van der Waals surface area contributed by atoms with Crippen molar-refractivity contribution in [2.75, 3.05) is 43.9 Å². The van der Waals surface area contributed by atoms with Crippen LogP contribution in [0.3, 0.4) is 0 Å². The minimum Gasteiger partial charge on any atom is -0.496 e. The molecular formula is C16H20Cl3N3O2S. The minimum absolute atomic E-state index is 0. The Kier molecular flexibility index (Phi) is 8.15. The van der Waals surface area contributed by atoms with Crippen LogP contribution in [0.2, 0.25) is 5.02 Å². The molecule has 2 aromatic rings. The topological polar surface area (TPSA) is 58.8 Å². The zero-order valence-electron chi connectivity index (χ0n) is 13.6. The van der Waals surface area contributed by atoms with Gasteiger partial charge in [-0.05, 0) is 23.6 Å². The molecule has 25 heavy (non-hydrogen) atoms. The quantitative estimate of drug-likeness (QED) is 0.761. The van der Waals surface area contributed by atoms with Crippen molar-refractivity contribution in [1.82, 2.24) is 4.90 Å². The fraction of sp³-hybridized carbons (Fsp3) is 0.312. The van der Waals surface area contributed by atoms with E-state index < -0.39 is 0 Å². The van der Waals surface area contributed by atoms with E-state index >= 15 is 0 Å². The van der Waals surface area contributed by atoms with E-state index in [1.54, 1.807) is 23.5 Å². The number of amides is 1. The molecule has 2 N–H and O–H groups in total. The molecule has 0 atom stereocenters. The summed E-state index contributed by atoms with van der Waals surface area (Å²) in [7, 11) is 1.52. The third-order valence-corrected chi connectivity index (χ3v) is 5.19. The Hall–Kier alpha value is -1.34. The van der Waals surface area contributed by atoms with Gasteiger partial charge in [-0.1, -0.05) is 11.6 Å². The standard InChI is InChI=1S/C16H18ClN3O2S.2ClH/c1-22-14-10-13(18)12(17)9-11(14)16(21)20-6-4-19(5-7-20)15-3-2-8-23-15;;/h2-3,8-10H,4-7,18H2,1H3;2*1H. The van der Waals surface area contributed by atoms with Crippen molar-refractivity contribution in [3.05, 3.63) is 40.2 Å². The molecule has 0 unspecified atom stereocenters. The number of hydrogen-bond acceptors (Lipinski definition) is 5. The zero-order valence-corrected chi connectivity index (χ0v) is 16.8. The van der Waals surface area contributed by atoms with Gasteiger partial charge in [0.1, 0.15) is 5.75 Å². The van der Waals surface area contributed by atoms with Crippen molar-refractivity contribution >= 4 is 64.3 Å². The molecular weight excluding hydrogens is 405 g/mol. The molecule has 1 aliphatic rings. The van der Waals surface area contributed by atoms with Gasteiger partial charge in [-0.25, -0.2) is 0 Å². The Morgan fingerprint density at radius 2 is 1.92 bits per heavy atom. The van der Waals surface area contributed by atoms with E-state index in [1.807, 2.05) is 11.0 Å². The maximum absolute atomic E-state index is 12.8. The number of methoxy groups -OCH3 is 1. The van der Waals surface area contributed by atoms with Crippen molar-refractivity contribution in [1.29, 1.82) is 0 Å². The van der Waals surface area contributed by atoms with Crippen LogP contribution < -0.4 is 15.4 Å². The van der Waals surface area contributed by atoms with E-state index in [0.717, 1.165) is 13.1 Å². The Balaban J connectivity index is 0.00000156. The lowest BCUT2D eigenvalue weighted by Crippen LogP contribution is -2.48. The summed E-state index contributed by atoms with van der Waals surface area (Å²) in [5.74, 6) is 0.382. The first kappa shape index (κ1) is 21.7. The van der Waals surface area contributed by atoms with Gasteiger partial charge < -0.3 is 20.3 Å². The summed E-state index contributed by atoms with van der Waals surface area (Å²) in [6.45, 7) is 2.97. The van der Waals surface area contributed by atoms with Gasteiger partial charge in [0.05, 0.1) is 28.4 Å². The van der Waals surface area contributed by atoms with Crippen LogP contribution in [0.1, 0.15) is 10.4 Å². The molecule has 1 aliphatic heterocycles. The lowest BCUT2D eigenvalue weighted by atomic mass is 10.1. The number of hydrogen-bond donors (Lipinski definition) is 1. The Bertz CT molecular complexity index is 705. The summed E-state index contributed by atoms with van der Waals surface area (Å²) >= 11 is 7.77. The van der Waals surface area contributed by atoms with Gasteiger partial charge in [0.15, 0.2) is 0 Å². The number of nitrogens with two attached hydrogens (primary N) is 1. The number of halogens is 3. The predicted molar refractivity (Wildman–Crippen MR) is 109 cm³/mol. The number of carbonyl (C=O) groups excluding carboxylic acids is 1. The van der Waals surface area contributed by atoms with Crippen LogP contribution in [0.4, 0.5) is 10.7 Å². The molecule has 1 fully saturated rings. The van der Waals surface area contributed by atoms with E-state index in [4.69, 9.17) is 22.1 Å². The number of nitrogen functional groups attached to an aromatic ring is 1. The highest BCUT2D eigenvalue weighted by atomic mass is 35.5. The van der Waals surface area contributed by atoms with Crippen LogP contribution in [0.15, 0.2) is 29.6 Å². The number of rotatable bonds is 3. The van der Waals surface area contributed by atoms with Crippen LogP contribution in [-0.4, -0.2) is 44.1 Å². The summed E-state index contributed by atoms with van der Waals surface area (Å²) in [5, 5.41) is 3.67. The number of benzene rings is 1. The molecule has 0 saturated carbocycles. The van der Waals surface area contributed by atoms with Crippen LogP contribution in [0, 0.1) is 0 Å². The number of carbonyl (C=O) groups is 1. The van der Waals surface area contributed by atoms with Crippen molar-refractivity contribution in [2.24, 2.45) is 0 Å². The average molecular weight is 425 g/mol. The van der Waals surface area contributed by atoms with Crippen molar-refractivity contribution in [3.8, 4) is 5.75 Å². The van der Waals surface area contributed by atoms with Crippen LogP contribution in [0.25, 0.3) is 0 Å². The number of anilines is 2. The minimum atomic E-state index is -0.0745. The smallest absolute Gasteiger partial charge is 0.257 e. The monoisotopic (exact) mass is 423 g/mol. The first-order chi connectivity index (χ1) is 11.1. The zero-order chi connectivity index (χ0) is 16.4. The van der Waals surface area contributed by atoms with E-state index in [-0.39, 0.29) is 30.7 Å². The highest BCUT2D eigenvalue weighted by Crippen LogP contribution is 2.30. The highest BCUT2D eigenvalue weighted by Gasteiger charge is 2.25. The molecule has 0 bridgehead atoms. The molecule has 2 heterocycles. The number of thiophene rings is 1. The lowest BCUT2D eigenvalue weighted by Gasteiger charge is -2.35. The molecule has 1 amide bonds. The highest BCUT2D eigenvalue weighted by molar-refractivity contribution is 7.14. The maximum Gasteiger partial charge on any atom is 0.257 e. The van der Waals surface area contributed by atoms with E-state index in [2.05, 4.69) is 16.3 Å². The van der Waals surface area contributed by atoms with Crippen molar-refractivity contribution in [2.45, 2.75) is 0 Å². The van der Waals surface area contributed by atoms with Gasteiger partial charge in [-0.15, -0.1) is 36.2 Å². The first-order valence-corrected chi connectivity index (χ1v) is 8.56. The van der Waals surface area contributed by atoms with Crippen molar-refractivity contribution in [3.63, 3.8) is 0 Å². The number of nitrogens with zero attached hydrogens (tertiary/aromatic N) is 2. The van der Waals surface area contributed by atoms with Gasteiger partial charge in [0, 0.05) is 32.2 Å². The van der Waals surface area contributed by atoms with Gasteiger partial charge in [-0.3, -0.25) is 4.79 Å². The van der Waals surface area contributed by atoms with Gasteiger partial charge in [-0.2, -0.15) is 0 Å². The lowest BCUT2D eigenvalue weighted by molar-refractivity contribution is 0.0743. The fourth-order valence-electron chi connectivity index (χ4n) is 2.66. The second-order valence-electron chi connectivity index (χ2n) is 5.30. The summed E-state index contributed by atoms with van der Waals surface area (Å²) in [5.41, 5.74) is 6.63. The molecule has 1 aromatic carbocycles. The largest absolute Gasteiger partial charge is 0.496 e. The molecule has 9 heteroatoms. The van der Waals surface area contributed by atoms with Crippen molar-refractivity contribution < 1.29 is 9.53 Å². The molecule has 0 aliphatic carbocycles. The Morgan fingerprint density at radius 1 is 1.24 bits per heavy atom. The number of ether oxygens (including phenoxy) is 1. The summed E-state index contributed by atoms with van der Waals surface area (Å²) in [6.07, 6.45) is 0. The second-order valence-corrected chi connectivity index (χ2v) is 6.64. The maximum atomic E-state index is 12.8. The predicted octanol–water partition coefficient (Wildman–Crippen LogP) is 3.80. The molecule has 3 rings (SSSR count). The SMILES string of the molecule is COc1cc(N)c(Cl)cc1C(=O)N1CCN(c2cccs2)CC1.Cl.Cl. The molecule has 5 nitrogen and oxygen atoms in total. The Labute approximate surface area is 168 Å². The second kappa shape index (κ2) is 9.38. The third-order valence-electron chi connectivity index (χ3n) is 3.93. The van der Waals surface area contributed by atoms with E-state index in [9.17, 15) is 4.79 Å². The molecule has 1 aromatic heterocycles. The molecule has 0 spiro atoms.